The zero-order valence-electron chi connectivity index (χ0n) is 19.4. The Morgan fingerprint density at radius 1 is 1.21 bits per heavy atom. The molecule has 1 spiro atoms. The average Bonchev–Trinajstić information content (AvgIpc) is 3.33. The first-order valence-electron chi connectivity index (χ1n) is 12.6. The van der Waals surface area contributed by atoms with E-state index in [2.05, 4.69) is 28.4 Å². The van der Waals surface area contributed by atoms with E-state index in [1.807, 2.05) is 6.07 Å². The Morgan fingerprint density at radius 3 is 2.88 bits per heavy atom. The molecule has 1 saturated heterocycles. The summed E-state index contributed by atoms with van der Waals surface area (Å²) in [5.74, 6) is 1.77. The number of benzene rings is 1. The molecule has 3 fully saturated rings. The summed E-state index contributed by atoms with van der Waals surface area (Å²) in [5, 5.41) is 15.8. The van der Waals surface area contributed by atoms with Crippen LogP contribution < -0.4 is 10.1 Å². The van der Waals surface area contributed by atoms with Crippen LogP contribution in [0.25, 0.3) is 0 Å². The van der Waals surface area contributed by atoms with Crippen molar-refractivity contribution in [1.29, 1.82) is 0 Å². The lowest BCUT2D eigenvalue weighted by molar-refractivity contribution is -0.192. The fraction of sp³-hybridized carbons (Fsp3) is 0.593. The third kappa shape index (κ3) is 3.11. The van der Waals surface area contributed by atoms with E-state index in [4.69, 9.17) is 9.15 Å². The van der Waals surface area contributed by atoms with Gasteiger partial charge in [-0.2, -0.15) is 0 Å². The van der Waals surface area contributed by atoms with E-state index >= 15 is 0 Å². The summed E-state index contributed by atoms with van der Waals surface area (Å²) in [6.45, 7) is 2.11. The topological polar surface area (TPSA) is 74.9 Å². The van der Waals surface area contributed by atoms with E-state index in [1.165, 1.54) is 24.0 Å². The summed E-state index contributed by atoms with van der Waals surface area (Å²) >= 11 is 0. The Labute approximate surface area is 206 Å². The van der Waals surface area contributed by atoms with Crippen LogP contribution in [0.4, 0.5) is 0 Å². The van der Waals surface area contributed by atoms with Gasteiger partial charge in [-0.05, 0) is 80.7 Å². The Balaban J connectivity index is 0.00000217. The Hall–Kier alpha value is -2.02. The minimum atomic E-state index is -0.803. The molecule has 34 heavy (non-hydrogen) atoms. The first-order valence-corrected chi connectivity index (χ1v) is 12.6. The van der Waals surface area contributed by atoms with E-state index < -0.39 is 11.0 Å². The van der Waals surface area contributed by atoms with Gasteiger partial charge in [0.15, 0.2) is 0 Å². The molecule has 5 aliphatic rings. The van der Waals surface area contributed by atoms with Gasteiger partial charge in [0.1, 0.15) is 11.9 Å². The van der Waals surface area contributed by atoms with Crippen LogP contribution in [-0.4, -0.2) is 52.8 Å². The van der Waals surface area contributed by atoms with Crippen LogP contribution in [0.15, 0.2) is 41.2 Å². The molecule has 2 bridgehead atoms. The minimum Gasteiger partial charge on any atom is -0.487 e. The molecule has 2 saturated carbocycles. The molecule has 1 aromatic heterocycles. The number of halogens is 1. The predicted molar refractivity (Wildman–Crippen MR) is 129 cm³/mol. The van der Waals surface area contributed by atoms with Crippen LogP contribution in [0.1, 0.15) is 55.2 Å². The maximum Gasteiger partial charge on any atom is 0.220 e. The van der Waals surface area contributed by atoms with E-state index in [9.17, 15) is 9.90 Å². The zero-order valence-corrected chi connectivity index (χ0v) is 20.2. The number of hydrogen-bond donors (Lipinski definition) is 2. The first-order chi connectivity index (χ1) is 16.1. The van der Waals surface area contributed by atoms with E-state index in [0.717, 1.165) is 49.6 Å². The monoisotopic (exact) mass is 484 g/mol. The van der Waals surface area contributed by atoms with Crippen molar-refractivity contribution in [2.45, 2.75) is 80.6 Å². The molecule has 2 aliphatic heterocycles. The standard InChI is InChI=1S/C27H32N2O4.ClH/c30-23(7-6-18-9-13-32-16-18)28-20-8-10-27(31)22-14-19-2-1-3-21-24(19)26(27,25(20)33-21)11-12-29(22)15-17-4-5-17;/h1-3,9,13,16-17,20,22,25,31H,4-8,10-12,14-15H2,(H,28,30);1H/t20-,22-,25+,26+,27-;/m1./s1. The van der Waals surface area contributed by atoms with Crippen molar-refractivity contribution in [3.8, 4) is 5.75 Å². The van der Waals surface area contributed by atoms with Crippen LogP contribution in [0.3, 0.4) is 0 Å². The number of rotatable bonds is 6. The smallest absolute Gasteiger partial charge is 0.220 e. The Morgan fingerprint density at radius 2 is 2.09 bits per heavy atom. The van der Waals surface area contributed by atoms with Crippen LogP contribution in [0.2, 0.25) is 0 Å². The maximum atomic E-state index is 12.9. The van der Waals surface area contributed by atoms with Crippen LogP contribution in [0, 0.1) is 5.92 Å². The second kappa shape index (κ2) is 8.00. The number of likely N-dealkylation sites (tertiary alicyclic amines) is 1. The lowest BCUT2D eigenvalue weighted by Gasteiger charge is -2.64. The number of amides is 1. The van der Waals surface area contributed by atoms with Gasteiger partial charge < -0.3 is 19.6 Å². The van der Waals surface area contributed by atoms with Gasteiger partial charge in [-0.1, -0.05) is 12.1 Å². The largest absolute Gasteiger partial charge is 0.487 e. The highest BCUT2D eigenvalue weighted by atomic mass is 35.5. The molecular weight excluding hydrogens is 452 g/mol. The van der Waals surface area contributed by atoms with Gasteiger partial charge in [0, 0.05) is 24.6 Å². The number of nitrogens with one attached hydrogen (secondary N) is 1. The van der Waals surface area contributed by atoms with Crippen molar-refractivity contribution >= 4 is 18.3 Å². The minimum absolute atomic E-state index is 0. The molecule has 1 aromatic carbocycles. The van der Waals surface area contributed by atoms with Gasteiger partial charge in [0.05, 0.1) is 29.6 Å². The summed E-state index contributed by atoms with van der Waals surface area (Å²) in [6.07, 6.45) is 10.1. The number of carbonyl (C=O) groups is 1. The van der Waals surface area contributed by atoms with Crippen LogP contribution >= 0.6 is 12.4 Å². The van der Waals surface area contributed by atoms with E-state index in [0.29, 0.717) is 19.3 Å². The van der Waals surface area contributed by atoms with E-state index in [1.54, 1.807) is 12.5 Å². The lowest BCUT2D eigenvalue weighted by atomic mass is 9.48. The van der Waals surface area contributed by atoms with Crippen molar-refractivity contribution in [1.82, 2.24) is 10.2 Å². The van der Waals surface area contributed by atoms with Crippen molar-refractivity contribution < 1.29 is 19.1 Å². The summed E-state index contributed by atoms with van der Waals surface area (Å²) in [4.78, 5) is 15.5. The normalized spacial score (nSPS) is 35.1. The summed E-state index contributed by atoms with van der Waals surface area (Å²) in [7, 11) is 0. The molecule has 182 valence electrons. The number of aryl methyl sites for hydroxylation is 1. The number of ether oxygens (including phenoxy) is 1. The van der Waals surface area contributed by atoms with Gasteiger partial charge in [0.2, 0.25) is 5.91 Å². The van der Waals surface area contributed by atoms with Gasteiger partial charge in [-0.3, -0.25) is 9.69 Å². The molecular formula is C27H33ClN2O4. The Kier molecular flexibility index (Phi) is 5.28. The molecule has 7 heteroatoms. The SMILES string of the molecule is Cl.O=C(CCc1ccoc1)N[C@@H]1CC[C@@]2(O)[C@H]3Cc4cccc5c4[C@@]2(CCN3CC2CC2)[C@H]1O5. The average molecular weight is 485 g/mol. The number of hydrogen-bond acceptors (Lipinski definition) is 5. The predicted octanol–water partition coefficient (Wildman–Crippen LogP) is 3.38. The molecule has 0 unspecified atom stereocenters. The summed E-state index contributed by atoms with van der Waals surface area (Å²) < 4.78 is 11.8. The maximum absolute atomic E-state index is 12.9. The number of furan rings is 1. The molecule has 5 atom stereocenters. The fourth-order valence-corrected chi connectivity index (χ4v) is 7.57. The highest BCUT2D eigenvalue weighted by Crippen LogP contribution is 2.64. The molecule has 6 nitrogen and oxygen atoms in total. The second-order valence-corrected chi connectivity index (χ2v) is 11.0. The third-order valence-electron chi connectivity index (χ3n) is 9.23. The Bertz CT molecular complexity index is 1090. The van der Waals surface area contributed by atoms with Crippen molar-refractivity contribution in [3.05, 3.63) is 53.5 Å². The fourth-order valence-electron chi connectivity index (χ4n) is 7.57. The number of nitrogens with zero attached hydrogens (tertiary/aromatic N) is 1. The molecule has 3 heterocycles. The quantitative estimate of drug-likeness (QED) is 0.657. The lowest BCUT2D eigenvalue weighted by Crippen LogP contribution is -2.78. The molecule has 1 amide bonds. The molecule has 2 N–H and O–H groups in total. The molecule has 0 radical (unpaired) electrons. The second-order valence-electron chi connectivity index (χ2n) is 11.0. The van der Waals surface area contributed by atoms with Crippen LogP contribution in [0.5, 0.6) is 5.75 Å². The third-order valence-corrected chi connectivity index (χ3v) is 9.23. The number of piperidine rings is 1. The molecule has 7 rings (SSSR count). The van der Waals surface area contributed by atoms with Crippen molar-refractivity contribution in [2.75, 3.05) is 13.1 Å². The molecule has 2 aromatic rings. The van der Waals surface area contributed by atoms with Gasteiger partial charge in [-0.25, -0.2) is 0 Å². The highest BCUT2D eigenvalue weighted by Gasteiger charge is 2.72. The van der Waals surface area contributed by atoms with E-state index in [-0.39, 0.29) is 36.5 Å². The summed E-state index contributed by atoms with van der Waals surface area (Å²) in [6, 6.07) is 8.33. The highest BCUT2D eigenvalue weighted by molar-refractivity contribution is 5.85. The van der Waals surface area contributed by atoms with Gasteiger partial charge >= 0.3 is 0 Å². The van der Waals surface area contributed by atoms with Crippen molar-refractivity contribution in [3.63, 3.8) is 0 Å². The van der Waals surface area contributed by atoms with Crippen molar-refractivity contribution in [2.24, 2.45) is 5.92 Å². The van der Waals surface area contributed by atoms with Crippen LogP contribution in [-0.2, 0) is 23.1 Å². The van der Waals surface area contributed by atoms with Gasteiger partial charge in [0.25, 0.3) is 0 Å². The number of aliphatic hydroxyl groups is 1. The summed E-state index contributed by atoms with van der Waals surface area (Å²) in [5.41, 5.74) is 2.37. The number of carbonyl (C=O) groups excluding carboxylic acids is 1. The first kappa shape index (κ1) is 22.4. The zero-order chi connectivity index (χ0) is 22.2. The molecule has 3 aliphatic carbocycles. The van der Waals surface area contributed by atoms with Gasteiger partial charge in [-0.15, -0.1) is 12.4 Å².